The Kier molecular flexibility index (Phi) is 5.02. The third-order valence-electron chi connectivity index (χ3n) is 2.50. The van der Waals surface area contributed by atoms with Crippen LogP contribution in [0.5, 0.6) is 0 Å². The summed E-state index contributed by atoms with van der Waals surface area (Å²) in [4.78, 5) is 0. The van der Waals surface area contributed by atoms with Gasteiger partial charge in [-0.3, -0.25) is 0 Å². The number of benzene rings is 1. The van der Waals surface area contributed by atoms with Gasteiger partial charge < -0.3 is 5.32 Å². The van der Waals surface area contributed by atoms with Crippen LogP contribution in [0.4, 0.5) is 0 Å². The third kappa shape index (κ3) is 4.19. The lowest BCUT2D eigenvalue weighted by molar-refractivity contribution is 0.320. The topological polar surface area (TPSA) is 12.0 Å². The van der Waals surface area contributed by atoms with Crippen LogP contribution in [0.2, 0.25) is 0 Å². The number of rotatable bonds is 3. The van der Waals surface area contributed by atoms with Crippen LogP contribution < -0.4 is 5.32 Å². The molecule has 0 fully saturated rings. The van der Waals surface area contributed by atoms with Crippen molar-refractivity contribution in [1.82, 2.24) is 5.32 Å². The van der Waals surface area contributed by atoms with Crippen LogP contribution in [-0.4, -0.2) is 7.05 Å². The first-order valence-electron chi connectivity index (χ1n) is 5.46. The minimum atomic E-state index is 0.315. The lowest BCUT2D eigenvalue weighted by Gasteiger charge is -2.27. The first-order valence-corrected chi connectivity index (χ1v) is 7.04. The third-order valence-corrected chi connectivity index (χ3v) is 3.71. The van der Waals surface area contributed by atoms with Gasteiger partial charge in [-0.1, -0.05) is 52.6 Å². The van der Waals surface area contributed by atoms with Gasteiger partial charge in [0.25, 0.3) is 0 Å². The monoisotopic (exact) mass is 347 g/mol. The SMILES string of the molecule is CNC(CC(C)(C)C)c1cc(Br)ccc1Br. The highest BCUT2D eigenvalue weighted by molar-refractivity contribution is 9.11. The van der Waals surface area contributed by atoms with Gasteiger partial charge in [-0.15, -0.1) is 0 Å². The fourth-order valence-electron chi connectivity index (χ4n) is 1.76. The average Bonchev–Trinajstić information content (AvgIpc) is 2.17. The van der Waals surface area contributed by atoms with Crippen molar-refractivity contribution in [3.05, 3.63) is 32.7 Å². The molecule has 1 unspecified atom stereocenters. The van der Waals surface area contributed by atoms with Gasteiger partial charge in [0.1, 0.15) is 0 Å². The first kappa shape index (κ1) is 14.2. The van der Waals surface area contributed by atoms with Crippen molar-refractivity contribution in [3.8, 4) is 0 Å². The maximum Gasteiger partial charge on any atom is 0.0334 e. The van der Waals surface area contributed by atoms with Crippen molar-refractivity contribution < 1.29 is 0 Å². The predicted octanol–water partition coefficient (Wildman–Crippen LogP) is 4.91. The van der Waals surface area contributed by atoms with Gasteiger partial charge in [0.2, 0.25) is 0 Å². The van der Waals surface area contributed by atoms with Gasteiger partial charge in [-0.25, -0.2) is 0 Å². The van der Waals surface area contributed by atoms with Crippen LogP contribution in [0.3, 0.4) is 0 Å². The van der Waals surface area contributed by atoms with Gasteiger partial charge >= 0.3 is 0 Å². The largest absolute Gasteiger partial charge is 0.313 e. The molecule has 0 aliphatic carbocycles. The van der Waals surface area contributed by atoms with Crippen LogP contribution in [0, 0.1) is 5.41 Å². The van der Waals surface area contributed by atoms with Crippen molar-refractivity contribution >= 4 is 31.9 Å². The Hall–Kier alpha value is 0.140. The van der Waals surface area contributed by atoms with Crippen LogP contribution >= 0.6 is 31.9 Å². The van der Waals surface area contributed by atoms with E-state index >= 15 is 0 Å². The summed E-state index contributed by atoms with van der Waals surface area (Å²) in [5, 5.41) is 3.39. The molecular formula is C13H19Br2N. The molecule has 0 bridgehead atoms. The Morgan fingerprint density at radius 1 is 1.25 bits per heavy atom. The van der Waals surface area contributed by atoms with Crippen molar-refractivity contribution in [2.45, 2.75) is 33.2 Å². The Morgan fingerprint density at radius 2 is 1.88 bits per heavy atom. The number of nitrogens with one attached hydrogen (secondary N) is 1. The normalized spacial score (nSPS) is 13.9. The highest BCUT2D eigenvalue weighted by atomic mass is 79.9. The van der Waals surface area contributed by atoms with E-state index in [0.717, 1.165) is 10.9 Å². The maximum atomic E-state index is 3.62. The second-order valence-electron chi connectivity index (χ2n) is 5.27. The predicted molar refractivity (Wildman–Crippen MR) is 77.7 cm³/mol. The molecule has 0 aliphatic rings. The molecule has 0 saturated heterocycles. The number of hydrogen-bond donors (Lipinski definition) is 1. The molecule has 0 spiro atoms. The van der Waals surface area contributed by atoms with E-state index in [1.54, 1.807) is 0 Å². The molecule has 0 heterocycles. The number of hydrogen-bond acceptors (Lipinski definition) is 1. The Balaban J connectivity index is 2.99. The fourth-order valence-corrected chi connectivity index (χ4v) is 2.66. The zero-order valence-electron chi connectivity index (χ0n) is 10.3. The summed E-state index contributed by atoms with van der Waals surface area (Å²) in [6.45, 7) is 6.80. The van der Waals surface area contributed by atoms with Crippen molar-refractivity contribution in [3.63, 3.8) is 0 Å². The molecule has 1 nitrogen and oxygen atoms in total. The smallest absolute Gasteiger partial charge is 0.0334 e. The van der Waals surface area contributed by atoms with E-state index in [0.29, 0.717) is 11.5 Å². The van der Waals surface area contributed by atoms with Gasteiger partial charge in [0, 0.05) is 15.0 Å². The minimum absolute atomic E-state index is 0.315. The van der Waals surface area contributed by atoms with E-state index in [-0.39, 0.29) is 0 Å². The summed E-state index contributed by atoms with van der Waals surface area (Å²) in [7, 11) is 2.02. The van der Waals surface area contributed by atoms with Crippen molar-refractivity contribution in [2.24, 2.45) is 5.41 Å². The van der Waals surface area contributed by atoms with Gasteiger partial charge in [0.15, 0.2) is 0 Å². The van der Waals surface area contributed by atoms with Crippen LogP contribution in [-0.2, 0) is 0 Å². The van der Waals surface area contributed by atoms with Crippen LogP contribution in [0.1, 0.15) is 38.8 Å². The van der Waals surface area contributed by atoms with E-state index in [1.807, 2.05) is 7.05 Å². The average molecular weight is 349 g/mol. The zero-order valence-corrected chi connectivity index (χ0v) is 13.4. The van der Waals surface area contributed by atoms with E-state index in [4.69, 9.17) is 0 Å². The zero-order chi connectivity index (χ0) is 12.3. The van der Waals surface area contributed by atoms with Gasteiger partial charge in [-0.05, 0) is 42.6 Å². The van der Waals surface area contributed by atoms with Crippen molar-refractivity contribution in [1.29, 1.82) is 0 Å². The first-order chi connectivity index (χ1) is 7.33. The van der Waals surface area contributed by atoms with E-state index < -0.39 is 0 Å². The molecule has 3 heteroatoms. The molecule has 1 atom stereocenters. The lowest BCUT2D eigenvalue weighted by atomic mass is 9.85. The molecule has 1 rings (SSSR count). The van der Waals surface area contributed by atoms with E-state index in [9.17, 15) is 0 Å². The van der Waals surface area contributed by atoms with Crippen LogP contribution in [0.25, 0.3) is 0 Å². The molecule has 1 N–H and O–H groups in total. The minimum Gasteiger partial charge on any atom is -0.313 e. The molecule has 0 aromatic heterocycles. The maximum absolute atomic E-state index is 3.62. The fraction of sp³-hybridized carbons (Fsp3) is 0.538. The Bertz CT molecular complexity index is 355. The Labute approximate surface area is 115 Å². The lowest BCUT2D eigenvalue weighted by Crippen LogP contribution is -2.22. The summed E-state index contributed by atoms with van der Waals surface area (Å²) in [5.74, 6) is 0. The summed E-state index contributed by atoms with van der Waals surface area (Å²) in [5.41, 5.74) is 1.63. The molecule has 0 saturated carbocycles. The van der Waals surface area contributed by atoms with Crippen molar-refractivity contribution in [2.75, 3.05) is 7.05 Å². The summed E-state index contributed by atoms with van der Waals surface area (Å²) >= 11 is 7.14. The highest BCUT2D eigenvalue weighted by Gasteiger charge is 2.20. The highest BCUT2D eigenvalue weighted by Crippen LogP contribution is 2.34. The Morgan fingerprint density at radius 3 is 2.38 bits per heavy atom. The second-order valence-corrected chi connectivity index (χ2v) is 7.04. The summed E-state index contributed by atoms with van der Waals surface area (Å²) in [6.07, 6.45) is 1.11. The molecule has 90 valence electrons. The molecular weight excluding hydrogens is 330 g/mol. The quantitative estimate of drug-likeness (QED) is 0.818. The number of halogens is 2. The molecule has 0 radical (unpaired) electrons. The molecule has 1 aromatic carbocycles. The van der Waals surface area contributed by atoms with E-state index in [2.05, 4.69) is 76.1 Å². The van der Waals surface area contributed by atoms with Gasteiger partial charge in [-0.2, -0.15) is 0 Å². The second kappa shape index (κ2) is 5.65. The molecule has 16 heavy (non-hydrogen) atoms. The molecule has 1 aromatic rings. The standard InChI is InChI=1S/C13H19Br2N/c1-13(2,3)8-12(16-4)10-7-9(14)5-6-11(10)15/h5-7,12,16H,8H2,1-4H3. The van der Waals surface area contributed by atoms with Crippen LogP contribution in [0.15, 0.2) is 27.1 Å². The summed E-state index contributed by atoms with van der Waals surface area (Å²) in [6, 6.07) is 6.70. The molecule has 0 amide bonds. The van der Waals surface area contributed by atoms with E-state index in [1.165, 1.54) is 10.0 Å². The van der Waals surface area contributed by atoms with Gasteiger partial charge in [0.05, 0.1) is 0 Å². The molecule has 0 aliphatic heterocycles. The summed E-state index contributed by atoms with van der Waals surface area (Å²) < 4.78 is 2.29.